The lowest BCUT2D eigenvalue weighted by Gasteiger charge is -2.29. The van der Waals surface area contributed by atoms with Gasteiger partial charge in [0, 0.05) is 30.0 Å². The fourth-order valence-corrected chi connectivity index (χ4v) is 3.35. The van der Waals surface area contributed by atoms with E-state index >= 15 is 0 Å². The van der Waals surface area contributed by atoms with E-state index in [9.17, 15) is 0 Å². The molecule has 6 heteroatoms. The molecular formula is C22H26N4O2. The number of anilines is 2. The van der Waals surface area contributed by atoms with Gasteiger partial charge in [0.15, 0.2) is 0 Å². The zero-order chi connectivity index (χ0) is 19.5. The Kier molecular flexibility index (Phi) is 5.30. The SMILES string of the molecule is Cc1ccc(-c2nnc([C@@H](C)Nc3ccc(N4CCOCC4)cc3C)o2)cc1. The molecular weight excluding hydrogens is 352 g/mol. The van der Waals surface area contributed by atoms with Crippen LogP contribution < -0.4 is 10.2 Å². The molecule has 0 radical (unpaired) electrons. The summed E-state index contributed by atoms with van der Waals surface area (Å²) in [5.41, 5.74) is 5.63. The Morgan fingerprint density at radius 2 is 1.75 bits per heavy atom. The van der Waals surface area contributed by atoms with Gasteiger partial charge in [-0.2, -0.15) is 0 Å². The first kappa shape index (κ1) is 18.5. The molecule has 0 amide bonds. The third-order valence-corrected chi connectivity index (χ3v) is 5.07. The van der Waals surface area contributed by atoms with Crippen molar-refractivity contribution in [3.05, 3.63) is 59.5 Å². The van der Waals surface area contributed by atoms with Crippen LogP contribution in [0.2, 0.25) is 0 Å². The van der Waals surface area contributed by atoms with Gasteiger partial charge in [0.05, 0.1) is 13.2 Å². The molecule has 1 aromatic heterocycles. The van der Waals surface area contributed by atoms with Crippen LogP contribution in [0.1, 0.15) is 30.0 Å². The Hall–Kier alpha value is -2.86. The Morgan fingerprint density at radius 1 is 1.00 bits per heavy atom. The van der Waals surface area contributed by atoms with E-state index < -0.39 is 0 Å². The maximum Gasteiger partial charge on any atom is 0.247 e. The van der Waals surface area contributed by atoms with Gasteiger partial charge < -0.3 is 19.4 Å². The summed E-state index contributed by atoms with van der Waals surface area (Å²) in [4.78, 5) is 2.36. The molecule has 6 nitrogen and oxygen atoms in total. The van der Waals surface area contributed by atoms with Crippen LogP contribution in [0.15, 0.2) is 46.9 Å². The van der Waals surface area contributed by atoms with Gasteiger partial charge in [0.25, 0.3) is 0 Å². The van der Waals surface area contributed by atoms with E-state index in [-0.39, 0.29) is 6.04 Å². The van der Waals surface area contributed by atoms with Gasteiger partial charge in [-0.3, -0.25) is 0 Å². The average molecular weight is 378 g/mol. The zero-order valence-electron chi connectivity index (χ0n) is 16.6. The van der Waals surface area contributed by atoms with Crippen molar-refractivity contribution in [2.24, 2.45) is 0 Å². The van der Waals surface area contributed by atoms with Crippen molar-refractivity contribution in [1.29, 1.82) is 0 Å². The number of ether oxygens (including phenoxy) is 1. The summed E-state index contributed by atoms with van der Waals surface area (Å²) in [5.74, 6) is 1.12. The zero-order valence-corrected chi connectivity index (χ0v) is 16.6. The smallest absolute Gasteiger partial charge is 0.247 e. The maximum atomic E-state index is 5.90. The molecule has 0 unspecified atom stereocenters. The molecule has 2 aromatic carbocycles. The molecule has 1 atom stereocenters. The second kappa shape index (κ2) is 8.02. The second-order valence-electron chi connectivity index (χ2n) is 7.28. The fourth-order valence-electron chi connectivity index (χ4n) is 3.35. The summed E-state index contributed by atoms with van der Waals surface area (Å²) < 4.78 is 11.3. The van der Waals surface area contributed by atoms with Crippen molar-refractivity contribution in [2.45, 2.75) is 26.8 Å². The van der Waals surface area contributed by atoms with Gasteiger partial charge in [0.1, 0.15) is 6.04 Å². The standard InChI is InChI=1S/C22H26N4O2/c1-15-4-6-18(7-5-15)22-25-24-21(28-22)17(3)23-20-9-8-19(14-16(20)2)26-10-12-27-13-11-26/h4-9,14,17,23H,10-13H2,1-3H3/t17-/m1/s1. The van der Waals surface area contributed by atoms with Crippen LogP contribution in [0.25, 0.3) is 11.5 Å². The molecule has 1 saturated heterocycles. The number of aryl methyl sites for hydroxylation is 2. The topological polar surface area (TPSA) is 63.4 Å². The van der Waals surface area contributed by atoms with Crippen LogP contribution in [-0.2, 0) is 4.74 Å². The minimum Gasteiger partial charge on any atom is -0.418 e. The van der Waals surface area contributed by atoms with Gasteiger partial charge in [0.2, 0.25) is 11.8 Å². The van der Waals surface area contributed by atoms with Crippen LogP contribution in [0.5, 0.6) is 0 Å². The quantitative estimate of drug-likeness (QED) is 0.712. The predicted octanol–water partition coefficient (Wildman–Crippen LogP) is 4.36. The van der Waals surface area contributed by atoms with E-state index in [1.807, 2.05) is 31.2 Å². The van der Waals surface area contributed by atoms with Gasteiger partial charge in [-0.1, -0.05) is 17.7 Å². The predicted molar refractivity (Wildman–Crippen MR) is 111 cm³/mol. The maximum absolute atomic E-state index is 5.90. The van der Waals surface area contributed by atoms with Crippen molar-refractivity contribution in [1.82, 2.24) is 10.2 Å². The highest BCUT2D eigenvalue weighted by Crippen LogP contribution is 2.27. The number of nitrogens with zero attached hydrogens (tertiary/aromatic N) is 3. The van der Waals surface area contributed by atoms with Gasteiger partial charge in [-0.25, -0.2) is 0 Å². The Labute approximate surface area is 165 Å². The number of aromatic nitrogens is 2. The molecule has 1 aliphatic heterocycles. The van der Waals surface area contributed by atoms with Gasteiger partial charge in [-0.15, -0.1) is 10.2 Å². The molecule has 28 heavy (non-hydrogen) atoms. The number of morpholine rings is 1. The number of nitrogens with one attached hydrogen (secondary N) is 1. The van der Waals surface area contributed by atoms with Crippen molar-refractivity contribution in [2.75, 3.05) is 36.5 Å². The first-order valence-corrected chi connectivity index (χ1v) is 9.70. The molecule has 0 spiro atoms. The summed E-state index contributed by atoms with van der Waals surface area (Å²) in [6, 6.07) is 14.5. The van der Waals surface area contributed by atoms with E-state index in [4.69, 9.17) is 9.15 Å². The molecule has 1 fully saturated rings. The normalized spacial score (nSPS) is 15.5. The van der Waals surface area contributed by atoms with Crippen LogP contribution in [0.3, 0.4) is 0 Å². The van der Waals surface area contributed by atoms with Crippen LogP contribution >= 0.6 is 0 Å². The minimum absolute atomic E-state index is 0.0837. The highest BCUT2D eigenvalue weighted by Gasteiger charge is 2.17. The average Bonchev–Trinajstić information content (AvgIpc) is 3.21. The number of rotatable bonds is 5. The molecule has 0 bridgehead atoms. The van der Waals surface area contributed by atoms with Crippen molar-refractivity contribution < 1.29 is 9.15 Å². The molecule has 0 saturated carbocycles. The van der Waals surface area contributed by atoms with Gasteiger partial charge >= 0.3 is 0 Å². The number of benzene rings is 2. The monoisotopic (exact) mass is 378 g/mol. The van der Waals surface area contributed by atoms with E-state index in [1.54, 1.807) is 0 Å². The van der Waals surface area contributed by atoms with Crippen molar-refractivity contribution in [3.8, 4) is 11.5 Å². The molecule has 1 aliphatic rings. The Balaban J connectivity index is 1.46. The van der Waals surface area contributed by atoms with Gasteiger partial charge in [-0.05, 0) is 56.7 Å². The Morgan fingerprint density at radius 3 is 2.46 bits per heavy atom. The largest absolute Gasteiger partial charge is 0.418 e. The highest BCUT2D eigenvalue weighted by atomic mass is 16.5. The summed E-state index contributed by atoms with van der Waals surface area (Å²) in [6.07, 6.45) is 0. The van der Waals surface area contributed by atoms with E-state index in [1.165, 1.54) is 16.8 Å². The lowest BCUT2D eigenvalue weighted by Crippen LogP contribution is -2.36. The summed E-state index contributed by atoms with van der Waals surface area (Å²) in [6.45, 7) is 9.65. The summed E-state index contributed by atoms with van der Waals surface area (Å²) in [5, 5.41) is 11.9. The first-order valence-electron chi connectivity index (χ1n) is 9.70. The minimum atomic E-state index is -0.0837. The number of hydrogen-bond donors (Lipinski definition) is 1. The lowest BCUT2D eigenvalue weighted by atomic mass is 10.1. The lowest BCUT2D eigenvalue weighted by molar-refractivity contribution is 0.122. The van der Waals surface area contributed by atoms with E-state index in [2.05, 4.69) is 52.5 Å². The van der Waals surface area contributed by atoms with E-state index in [0.717, 1.165) is 37.6 Å². The molecule has 1 N–H and O–H groups in total. The Bertz CT molecular complexity index is 930. The molecule has 146 valence electrons. The third kappa shape index (κ3) is 4.02. The van der Waals surface area contributed by atoms with Crippen molar-refractivity contribution >= 4 is 11.4 Å². The van der Waals surface area contributed by atoms with Crippen LogP contribution in [-0.4, -0.2) is 36.5 Å². The number of hydrogen-bond acceptors (Lipinski definition) is 6. The summed E-state index contributed by atoms with van der Waals surface area (Å²) >= 11 is 0. The molecule has 2 heterocycles. The second-order valence-corrected chi connectivity index (χ2v) is 7.28. The third-order valence-electron chi connectivity index (χ3n) is 5.07. The molecule has 0 aliphatic carbocycles. The van der Waals surface area contributed by atoms with Crippen LogP contribution in [0, 0.1) is 13.8 Å². The summed E-state index contributed by atoms with van der Waals surface area (Å²) in [7, 11) is 0. The highest BCUT2D eigenvalue weighted by molar-refractivity contribution is 5.61. The first-order chi connectivity index (χ1) is 13.6. The van der Waals surface area contributed by atoms with Crippen LogP contribution in [0.4, 0.5) is 11.4 Å². The fraction of sp³-hybridized carbons (Fsp3) is 0.364. The molecule has 3 aromatic rings. The molecule has 4 rings (SSSR count). The van der Waals surface area contributed by atoms with Crippen molar-refractivity contribution in [3.63, 3.8) is 0 Å². The van der Waals surface area contributed by atoms with E-state index in [0.29, 0.717) is 11.8 Å².